The van der Waals surface area contributed by atoms with Crippen LogP contribution in [-0.2, 0) is 30.6 Å². The SMILES string of the molecule is CC(CC(=O)O)ON=CC(=O)N(c1csc(N)n1)[C@@H]1C(=O)N2CC(C[n+]3ccccc3)(C(=O)[O-])CS[C@H]12.O.O.O.O.O. The number of carboxylic acids is 2. The van der Waals surface area contributed by atoms with Gasteiger partial charge in [-0.1, -0.05) is 11.2 Å². The van der Waals surface area contributed by atoms with Crippen molar-refractivity contribution in [1.82, 2.24) is 9.88 Å². The highest BCUT2D eigenvalue weighted by atomic mass is 32.2. The van der Waals surface area contributed by atoms with Gasteiger partial charge in [0, 0.05) is 29.8 Å². The molecular formula is C22H34N6O12S2. The molecule has 0 aliphatic carbocycles. The Hall–Kier alpha value is -3.92. The molecule has 2 fully saturated rings. The average molecular weight is 639 g/mol. The number of pyridine rings is 1. The van der Waals surface area contributed by atoms with E-state index in [0.717, 1.165) is 22.5 Å². The highest BCUT2D eigenvalue weighted by Gasteiger charge is 2.59. The highest BCUT2D eigenvalue weighted by Crippen LogP contribution is 2.44. The molecule has 2 aliphatic heterocycles. The van der Waals surface area contributed by atoms with E-state index in [1.54, 1.807) is 29.1 Å². The Balaban J connectivity index is 0. The first kappa shape index (κ1) is 40.2. The van der Waals surface area contributed by atoms with E-state index in [4.69, 9.17) is 15.7 Å². The molecule has 2 aromatic heterocycles. The number of thioether (sulfide) groups is 1. The molecule has 13 N–H and O–H groups in total. The number of anilines is 2. The Kier molecular flexibility index (Phi) is 15.8. The zero-order valence-corrected chi connectivity index (χ0v) is 23.8. The Morgan fingerprint density at radius 1 is 1.29 bits per heavy atom. The summed E-state index contributed by atoms with van der Waals surface area (Å²) in [5.41, 5.74) is 4.44. The van der Waals surface area contributed by atoms with Crippen LogP contribution in [0, 0.1) is 5.41 Å². The molecular weight excluding hydrogens is 604 g/mol. The van der Waals surface area contributed by atoms with Gasteiger partial charge >= 0.3 is 5.97 Å². The molecule has 2 aliphatic rings. The molecule has 0 aromatic carbocycles. The van der Waals surface area contributed by atoms with Gasteiger partial charge in [0.1, 0.15) is 29.6 Å². The third-order valence-corrected chi connectivity index (χ3v) is 8.19. The van der Waals surface area contributed by atoms with Gasteiger partial charge in [0.2, 0.25) is 5.91 Å². The normalized spacial score (nSPS) is 20.9. The monoisotopic (exact) mass is 638 g/mol. The molecule has 18 nitrogen and oxygen atoms in total. The number of oxime groups is 1. The van der Waals surface area contributed by atoms with E-state index < -0.39 is 46.7 Å². The minimum absolute atomic E-state index is 0. The topological polar surface area (TPSA) is 340 Å². The van der Waals surface area contributed by atoms with E-state index >= 15 is 0 Å². The van der Waals surface area contributed by atoms with E-state index in [1.165, 1.54) is 29.0 Å². The smallest absolute Gasteiger partial charge is 0.307 e. The third-order valence-electron chi connectivity index (χ3n) is 5.95. The van der Waals surface area contributed by atoms with Gasteiger partial charge in [-0.25, -0.2) is 9.55 Å². The van der Waals surface area contributed by atoms with Gasteiger partial charge in [0.25, 0.3) is 5.91 Å². The number of amides is 2. The van der Waals surface area contributed by atoms with Crippen LogP contribution in [0.1, 0.15) is 13.3 Å². The van der Waals surface area contributed by atoms with Gasteiger partial charge in [-0.2, -0.15) is 0 Å². The molecule has 0 spiro atoms. The lowest BCUT2D eigenvalue weighted by Gasteiger charge is -2.56. The molecule has 4 heterocycles. The summed E-state index contributed by atoms with van der Waals surface area (Å²) in [6.45, 7) is 1.53. The molecule has 4 atom stereocenters. The van der Waals surface area contributed by atoms with Gasteiger partial charge in [-0.3, -0.25) is 19.3 Å². The van der Waals surface area contributed by atoms with Crippen molar-refractivity contribution in [2.45, 2.75) is 37.4 Å². The number of aliphatic carboxylic acids is 2. The maximum absolute atomic E-state index is 13.3. The van der Waals surface area contributed by atoms with Crippen LogP contribution >= 0.6 is 23.1 Å². The van der Waals surface area contributed by atoms with Crippen LogP contribution in [0.2, 0.25) is 0 Å². The number of nitrogens with zero attached hydrogens (tertiary/aromatic N) is 5. The average Bonchev–Trinajstić information content (AvgIpc) is 3.28. The number of hydrogen-bond donors (Lipinski definition) is 2. The fraction of sp³-hybridized carbons (Fsp3) is 0.409. The quantitative estimate of drug-likeness (QED) is 0.108. The molecule has 4 rings (SSSR count). The first-order valence-electron chi connectivity index (χ1n) is 11.1. The van der Waals surface area contributed by atoms with Crippen LogP contribution in [0.15, 0.2) is 41.1 Å². The standard InChI is InChI=1S/C22H24N6O7S2.5H2O/c1-13(7-16(30)31)35-24-8-15(29)28(14-9-36-21(23)25-14)17-18(32)27-11-22(20(33)34,12-37-19(17)27)10-26-5-3-2-4-6-26;;;;;/h2-6,8-9,13,17,19H,7,10-12H2,1H3,(H3-,23,25,30,31,33,34);5*1H2/t13?,17-,19-,22?;;;;;/m1...../s1. The molecule has 2 saturated heterocycles. The first-order valence-corrected chi connectivity index (χ1v) is 13.1. The number of nitrogens with two attached hydrogens (primary N) is 1. The van der Waals surface area contributed by atoms with E-state index in [-0.39, 0.29) is 63.6 Å². The lowest BCUT2D eigenvalue weighted by molar-refractivity contribution is -0.707. The van der Waals surface area contributed by atoms with Crippen LogP contribution in [0.25, 0.3) is 0 Å². The lowest BCUT2D eigenvalue weighted by atomic mass is 9.86. The Morgan fingerprint density at radius 2 is 1.93 bits per heavy atom. The number of thiazole rings is 1. The number of aromatic nitrogens is 2. The van der Waals surface area contributed by atoms with Crippen molar-refractivity contribution in [2.75, 3.05) is 22.9 Å². The zero-order valence-electron chi connectivity index (χ0n) is 22.1. The molecule has 20 heteroatoms. The van der Waals surface area contributed by atoms with Crippen LogP contribution in [0.4, 0.5) is 10.9 Å². The van der Waals surface area contributed by atoms with E-state index in [1.807, 2.05) is 6.07 Å². The van der Waals surface area contributed by atoms with E-state index in [0.29, 0.717) is 0 Å². The van der Waals surface area contributed by atoms with Crippen molar-refractivity contribution in [3.05, 3.63) is 36.0 Å². The van der Waals surface area contributed by atoms with Crippen molar-refractivity contribution < 1.29 is 66.2 Å². The maximum Gasteiger partial charge on any atom is 0.307 e. The third kappa shape index (κ3) is 8.31. The van der Waals surface area contributed by atoms with Crippen LogP contribution in [0.3, 0.4) is 0 Å². The van der Waals surface area contributed by atoms with Crippen molar-refractivity contribution in [2.24, 2.45) is 10.6 Å². The van der Waals surface area contributed by atoms with Crippen molar-refractivity contribution in [3.8, 4) is 0 Å². The Bertz CT molecular complexity index is 1240. The summed E-state index contributed by atoms with van der Waals surface area (Å²) in [5, 5.41) is 25.8. The largest absolute Gasteiger partial charge is 0.549 e. The van der Waals surface area contributed by atoms with Crippen LogP contribution in [0.5, 0.6) is 0 Å². The van der Waals surface area contributed by atoms with Crippen LogP contribution in [-0.4, -0.2) is 102 Å². The fourth-order valence-electron chi connectivity index (χ4n) is 4.19. The second-order valence-corrected chi connectivity index (χ2v) is 10.7. The summed E-state index contributed by atoms with van der Waals surface area (Å²) in [7, 11) is 0. The van der Waals surface area contributed by atoms with Gasteiger partial charge in [-0.15, -0.1) is 23.1 Å². The van der Waals surface area contributed by atoms with Gasteiger partial charge in [0.15, 0.2) is 24.1 Å². The van der Waals surface area contributed by atoms with Gasteiger partial charge < -0.3 is 57.9 Å². The minimum Gasteiger partial charge on any atom is -0.549 e. The van der Waals surface area contributed by atoms with Gasteiger partial charge in [-0.05, 0) is 6.92 Å². The molecule has 2 unspecified atom stereocenters. The summed E-state index contributed by atoms with van der Waals surface area (Å²) in [6.07, 6.45) is 3.24. The number of hydrogen-bond acceptors (Lipinski definition) is 11. The summed E-state index contributed by atoms with van der Waals surface area (Å²) in [4.78, 5) is 61.1. The summed E-state index contributed by atoms with van der Waals surface area (Å²) in [5.74, 6) is -3.20. The van der Waals surface area contributed by atoms with Crippen molar-refractivity contribution in [1.29, 1.82) is 0 Å². The maximum atomic E-state index is 13.3. The highest BCUT2D eigenvalue weighted by molar-refractivity contribution is 8.00. The second kappa shape index (κ2) is 16.5. The minimum atomic E-state index is -1.32. The summed E-state index contributed by atoms with van der Waals surface area (Å²) >= 11 is 2.33. The van der Waals surface area contributed by atoms with Crippen molar-refractivity contribution in [3.63, 3.8) is 0 Å². The number of β-lactam (4-membered cyclic amide) rings is 1. The predicted octanol–water partition coefficient (Wildman–Crippen LogP) is -5.19. The summed E-state index contributed by atoms with van der Waals surface area (Å²) < 4.78 is 1.73. The predicted molar refractivity (Wildman–Crippen MR) is 149 cm³/mol. The molecule has 0 radical (unpaired) electrons. The van der Waals surface area contributed by atoms with E-state index in [9.17, 15) is 24.3 Å². The fourth-order valence-corrected chi connectivity index (χ4v) is 6.30. The lowest BCUT2D eigenvalue weighted by Crippen LogP contribution is -2.76. The number of nitrogen functional groups attached to an aromatic ring is 1. The summed E-state index contributed by atoms with van der Waals surface area (Å²) in [6, 6.07) is 4.41. The molecule has 236 valence electrons. The number of fused-ring (bicyclic) bond motifs is 1. The second-order valence-electron chi connectivity index (χ2n) is 8.73. The van der Waals surface area contributed by atoms with Gasteiger partial charge in [0.05, 0.1) is 17.8 Å². The molecule has 2 aromatic rings. The van der Waals surface area contributed by atoms with Crippen molar-refractivity contribution >= 4 is 64.0 Å². The van der Waals surface area contributed by atoms with Crippen LogP contribution < -0.4 is 20.3 Å². The number of carboxylic acid groups (broad SMARTS) is 2. The Morgan fingerprint density at radius 3 is 2.48 bits per heavy atom. The molecule has 2 amide bonds. The first-order chi connectivity index (χ1) is 17.6. The molecule has 0 saturated carbocycles. The zero-order chi connectivity index (χ0) is 26.7. The number of rotatable bonds is 10. The Labute approximate surface area is 246 Å². The number of carbonyl (C=O) groups excluding carboxylic acids is 3. The molecule has 0 bridgehead atoms. The van der Waals surface area contributed by atoms with E-state index in [2.05, 4.69) is 10.1 Å². The molecule has 42 heavy (non-hydrogen) atoms. The number of carbonyl (C=O) groups is 4.